The molecular weight excluding hydrogens is 302 g/mol. The Morgan fingerprint density at radius 3 is 2.75 bits per heavy atom. The fourth-order valence-corrected chi connectivity index (χ4v) is 3.07. The number of carbonyl (C=O) groups excluding carboxylic acids is 1. The highest BCUT2D eigenvalue weighted by Crippen LogP contribution is 2.22. The molecule has 6 nitrogen and oxygen atoms in total. The molecule has 1 aliphatic carbocycles. The quantitative estimate of drug-likeness (QED) is 0.677. The van der Waals surface area contributed by atoms with Crippen LogP contribution in [0.15, 0.2) is 23.1 Å². The van der Waals surface area contributed by atoms with E-state index in [-0.39, 0.29) is 40.5 Å². The summed E-state index contributed by atoms with van der Waals surface area (Å²) in [6.07, 6.45) is 2.09. The van der Waals surface area contributed by atoms with E-state index in [0.717, 1.165) is 12.8 Å². The van der Waals surface area contributed by atoms with Crippen molar-refractivity contribution in [3.8, 4) is 0 Å². The maximum Gasteiger partial charge on any atom is 0.242 e. The Bertz CT molecular complexity index is 614. The predicted octanol–water partition coefficient (Wildman–Crippen LogP) is 0.869. The molecule has 0 spiro atoms. The Hall–Kier alpha value is -1.31. The van der Waals surface area contributed by atoms with E-state index < -0.39 is 10.0 Å². The van der Waals surface area contributed by atoms with Crippen LogP contribution in [0.25, 0.3) is 0 Å². The number of nitrogens with two attached hydrogens (primary N) is 1. The first-order chi connectivity index (χ1) is 9.38. The topological polar surface area (TPSA) is 101 Å². The Morgan fingerprint density at radius 2 is 2.10 bits per heavy atom. The van der Waals surface area contributed by atoms with Gasteiger partial charge in [-0.15, -0.1) is 0 Å². The molecule has 20 heavy (non-hydrogen) atoms. The molecule has 110 valence electrons. The molecule has 0 bridgehead atoms. The van der Waals surface area contributed by atoms with Gasteiger partial charge in [-0.3, -0.25) is 4.79 Å². The van der Waals surface area contributed by atoms with Gasteiger partial charge in [0.05, 0.1) is 5.69 Å². The molecule has 1 amide bonds. The zero-order chi connectivity index (χ0) is 14.8. The van der Waals surface area contributed by atoms with E-state index >= 15 is 0 Å². The van der Waals surface area contributed by atoms with Crippen LogP contribution in [-0.4, -0.2) is 26.9 Å². The van der Waals surface area contributed by atoms with Crippen LogP contribution in [-0.2, 0) is 14.8 Å². The lowest BCUT2D eigenvalue weighted by molar-refractivity contribution is -0.121. The van der Waals surface area contributed by atoms with Gasteiger partial charge in [-0.2, -0.15) is 0 Å². The minimum Gasteiger partial charge on any atom is -0.398 e. The van der Waals surface area contributed by atoms with Gasteiger partial charge in [0.2, 0.25) is 15.9 Å². The zero-order valence-electron chi connectivity index (χ0n) is 10.7. The van der Waals surface area contributed by atoms with E-state index in [1.54, 1.807) is 0 Å². The average Bonchev–Trinajstić information content (AvgIpc) is 3.15. The Labute approximate surface area is 122 Å². The van der Waals surface area contributed by atoms with Gasteiger partial charge in [0.15, 0.2) is 0 Å². The van der Waals surface area contributed by atoms with E-state index in [1.165, 1.54) is 18.2 Å². The summed E-state index contributed by atoms with van der Waals surface area (Å²) in [6, 6.07) is 4.49. The monoisotopic (exact) mass is 317 g/mol. The van der Waals surface area contributed by atoms with Gasteiger partial charge in [-0.05, 0) is 31.0 Å². The third-order valence-corrected chi connectivity index (χ3v) is 4.60. The number of carbonyl (C=O) groups is 1. The molecule has 1 saturated carbocycles. The van der Waals surface area contributed by atoms with E-state index in [1.807, 2.05) is 0 Å². The van der Waals surface area contributed by atoms with Gasteiger partial charge in [0.25, 0.3) is 0 Å². The summed E-state index contributed by atoms with van der Waals surface area (Å²) in [5.41, 5.74) is 5.74. The molecule has 0 aliphatic heterocycles. The van der Waals surface area contributed by atoms with E-state index in [0.29, 0.717) is 0 Å². The van der Waals surface area contributed by atoms with Crippen molar-refractivity contribution in [2.75, 3.05) is 12.3 Å². The molecule has 1 aromatic rings. The standard InChI is InChI=1S/C12H16ClN3O3S/c13-8-1-4-10(14)11(7-8)20(18,19)15-6-5-12(17)16-9-2-3-9/h1,4,7,9,15H,2-3,5-6,14H2,(H,16,17). The van der Waals surface area contributed by atoms with Crippen LogP contribution in [0, 0.1) is 0 Å². The van der Waals surface area contributed by atoms with Crippen molar-refractivity contribution in [2.45, 2.75) is 30.2 Å². The highest BCUT2D eigenvalue weighted by atomic mass is 35.5. The van der Waals surface area contributed by atoms with Crippen molar-refractivity contribution in [1.82, 2.24) is 10.0 Å². The second kappa shape index (κ2) is 5.99. The number of anilines is 1. The molecule has 1 aliphatic rings. The molecule has 0 radical (unpaired) electrons. The minimum absolute atomic E-state index is 0.0207. The van der Waals surface area contributed by atoms with Gasteiger partial charge >= 0.3 is 0 Å². The number of halogens is 1. The maximum atomic E-state index is 12.0. The van der Waals surface area contributed by atoms with E-state index in [4.69, 9.17) is 17.3 Å². The predicted molar refractivity (Wildman–Crippen MR) is 76.8 cm³/mol. The molecule has 0 unspecified atom stereocenters. The lowest BCUT2D eigenvalue weighted by Crippen LogP contribution is -2.32. The number of rotatable bonds is 6. The second-order valence-electron chi connectivity index (χ2n) is 4.67. The van der Waals surface area contributed by atoms with Crippen molar-refractivity contribution >= 4 is 33.2 Å². The van der Waals surface area contributed by atoms with Gasteiger partial charge in [-0.25, -0.2) is 13.1 Å². The Kier molecular flexibility index (Phi) is 4.52. The van der Waals surface area contributed by atoms with E-state index in [2.05, 4.69) is 10.0 Å². The van der Waals surface area contributed by atoms with Crippen LogP contribution < -0.4 is 15.8 Å². The average molecular weight is 318 g/mol. The van der Waals surface area contributed by atoms with Crippen LogP contribution >= 0.6 is 11.6 Å². The lowest BCUT2D eigenvalue weighted by atomic mass is 10.3. The smallest absolute Gasteiger partial charge is 0.242 e. The van der Waals surface area contributed by atoms with Crippen molar-refractivity contribution in [1.29, 1.82) is 0 Å². The number of hydrogen-bond acceptors (Lipinski definition) is 4. The summed E-state index contributed by atoms with van der Waals surface area (Å²) in [4.78, 5) is 11.4. The van der Waals surface area contributed by atoms with Crippen molar-refractivity contribution in [3.05, 3.63) is 23.2 Å². The van der Waals surface area contributed by atoms with Crippen molar-refractivity contribution < 1.29 is 13.2 Å². The number of hydrogen-bond donors (Lipinski definition) is 3. The highest BCUT2D eigenvalue weighted by molar-refractivity contribution is 7.89. The van der Waals surface area contributed by atoms with Gasteiger partial charge in [0, 0.05) is 24.0 Å². The highest BCUT2D eigenvalue weighted by Gasteiger charge is 2.23. The van der Waals surface area contributed by atoms with Crippen LogP contribution in [0.3, 0.4) is 0 Å². The maximum absolute atomic E-state index is 12.0. The number of amides is 1. The number of nitrogens with one attached hydrogen (secondary N) is 2. The summed E-state index contributed by atoms with van der Waals surface area (Å²) in [5, 5.41) is 3.06. The normalized spacial score (nSPS) is 15.1. The minimum atomic E-state index is -3.76. The van der Waals surface area contributed by atoms with E-state index in [9.17, 15) is 13.2 Å². The molecule has 0 heterocycles. The molecule has 0 aromatic heterocycles. The number of nitrogen functional groups attached to an aromatic ring is 1. The zero-order valence-corrected chi connectivity index (χ0v) is 12.3. The van der Waals surface area contributed by atoms with Crippen LogP contribution in [0.5, 0.6) is 0 Å². The molecule has 4 N–H and O–H groups in total. The summed E-state index contributed by atoms with van der Waals surface area (Å²) in [5.74, 6) is -0.158. The Balaban J connectivity index is 1.93. The third-order valence-electron chi connectivity index (χ3n) is 2.85. The summed E-state index contributed by atoms with van der Waals surface area (Å²) in [6.45, 7) is 0.0207. The summed E-state index contributed by atoms with van der Waals surface area (Å²) >= 11 is 5.76. The summed E-state index contributed by atoms with van der Waals surface area (Å²) < 4.78 is 26.4. The largest absolute Gasteiger partial charge is 0.398 e. The molecule has 2 rings (SSSR count). The third kappa shape index (κ3) is 4.09. The first-order valence-corrected chi connectivity index (χ1v) is 8.08. The fraction of sp³-hybridized carbons (Fsp3) is 0.417. The molecule has 8 heteroatoms. The SMILES string of the molecule is Nc1ccc(Cl)cc1S(=O)(=O)NCCC(=O)NC1CC1. The number of benzene rings is 1. The molecule has 1 aromatic carbocycles. The van der Waals surface area contributed by atoms with Gasteiger partial charge in [-0.1, -0.05) is 11.6 Å². The molecule has 0 atom stereocenters. The van der Waals surface area contributed by atoms with Crippen LogP contribution in [0.2, 0.25) is 5.02 Å². The Morgan fingerprint density at radius 1 is 1.40 bits per heavy atom. The first kappa shape index (κ1) is 15.1. The van der Waals surface area contributed by atoms with Gasteiger partial charge in [0.1, 0.15) is 4.90 Å². The van der Waals surface area contributed by atoms with Crippen LogP contribution in [0.1, 0.15) is 19.3 Å². The lowest BCUT2D eigenvalue weighted by Gasteiger charge is -2.09. The van der Waals surface area contributed by atoms with Crippen LogP contribution in [0.4, 0.5) is 5.69 Å². The first-order valence-electron chi connectivity index (χ1n) is 6.22. The van der Waals surface area contributed by atoms with Gasteiger partial charge < -0.3 is 11.1 Å². The number of sulfonamides is 1. The molecule has 0 saturated heterocycles. The van der Waals surface area contributed by atoms with Crippen molar-refractivity contribution in [3.63, 3.8) is 0 Å². The van der Waals surface area contributed by atoms with Crippen molar-refractivity contribution in [2.24, 2.45) is 0 Å². The fourth-order valence-electron chi connectivity index (χ4n) is 1.65. The molecule has 1 fully saturated rings. The summed E-state index contributed by atoms with van der Waals surface area (Å²) in [7, 11) is -3.76. The second-order valence-corrected chi connectivity index (χ2v) is 6.84. The molecular formula is C12H16ClN3O3S.